The van der Waals surface area contributed by atoms with Gasteiger partial charge in [-0.3, -0.25) is 0 Å². The summed E-state index contributed by atoms with van der Waals surface area (Å²) in [5.41, 5.74) is 3.57. The number of hydrogen-bond acceptors (Lipinski definition) is 2. The van der Waals surface area contributed by atoms with Gasteiger partial charge in [-0.15, -0.1) is 11.8 Å². The Kier molecular flexibility index (Phi) is 3.21. The van der Waals surface area contributed by atoms with Gasteiger partial charge in [0.1, 0.15) is 5.04 Å². The van der Waals surface area contributed by atoms with Crippen LogP contribution >= 0.6 is 23.4 Å². The molecule has 0 saturated carbocycles. The maximum atomic E-state index is 5.92. The van der Waals surface area contributed by atoms with Crippen LogP contribution in [0.5, 0.6) is 0 Å². The van der Waals surface area contributed by atoms with Gasteiger partial charge in [0.25, 0.3) is 0 Å². The van der Waals surface area contributed by atoms with Gasteiger partial charge in [-0.05, 0) is 52.7 Å². The zero-order chi connectivity index (χ0) is 14.2. The Hall–Kier alpha value is -1.77. The molecule has 0 atom stereocenters. The minimum Gasteiger partial charge on any atom is -0.241 e. The molecular formula is C18H12ClNS. The molecule has 0 fully saturated rings. The van der Waals surface area contributed by atoms with Crippen molar-refractivity contribution in [2.75, 3.05) is 0 Å². The lowest BCUT2D eigenvalue weighted by atomic mass is 10.0. The zero-order valence-electron chi connectivity index (χ0n) is 11.2. The van der Waals surface area contributed by atoms with Crippen LogP contribution in [-0.4, -0.2) is 5.04 Å². The summed E-state index contributed by atoms with van der Waals surface area (Å²) in [6, 6.07) is 20.7. The van der Waals surface area contributed by atoms with Crippen LogP contribution in [0.15, 0.2) is 65.7 Å². The average molecular weight is 310 g/mol. The predicted molar refractivity (Wildman–Crippen MR) is 92.9 cm³/mol. The van der Waals surface area contributed by atoms with E-state index in [4.69, 9.17) is 16.6 Å². The second-order valence-corrected chi connectivity index (χ2v) is 6.44. The number of benzene rings is 3. The molecule has 0 amide bonds. The van der Waals surface area contributed by atoms with Crippen LogP contribution in [0.4, 0.5) is 5.69 Å². The van der Waals surface area contributed by atoms with Crippen LogP contribution in [0.2, 0.25) is 5.02 Å². The lowest BCUT2D eigenvalue weighted by Gasteiger charge is -2.03. The van der Waals surface area contributed by atoms with E-state index in [1.54, 1.807) is 11.8 Å². The molecule has 102 valence electrons. The fraction of sp³-hybridized carbons (Fsp3) is 0.0556. The molecule has 0 spiro atoms. The minimum atomic E-state index is 0.740. The van der Waals surface area contributed by atoms with Gasteiger partial charge < -0.3 is 0 Å². The molecule has 0 N–H and O–H groups in total. The Labute approximate surface area is 132 Å². The third-order valence-corrected chi connectivity index (χ3v) is 4.92. The zero-order valence-corrected chi connectivity index (χ0v) is 12.8. The minimum absolute atomic E-state index is 0.740. The second-order valence-electron chi connectivity index (χ2n) is 5.04. The molecule has 1 aliphatic rings. The van der Waals surface area contributed by atoms with E-state index in [-0.39, 0.29) is 0 Å². The van der Waals surface area contributed by atoms with E-state index < -0.39 is 0 Å². The third-order valence-electron chi connectivity index (χ3n) is 3.62. The molecule has 0 radical (unpaired) electrons. The molecule has 3 heteroatoms. The standard InChI is InChI=1S/C18H12ClNS/c19-15-5-7-16(8-6-15)20-18-17-10-13-4-2-1-3-12(13)9-14(17)11-21-18/h1-10H,11H2. The number of nitrogens with zero attached hydrogens (tertiary/aromatic N) is 1. The third kappa shape index (κ3) is 2.45. The van der Waals surface area contributed by atoms with Crippen molar-refractivity contribution < 1.29 is 0 Å². The average Bonchev–Trinajstić information content (AvgIpc) is 2.89. The quantitative estimate of drug-likeness (QED) is 0.552. The summed E-state index contributed by atoms with van der Waals surface area (Å²) in [7, 11) is 0. The maximum Gasteiger partial charge on any atom is 0.105 e. The maximum absolute atomic E-state index is 5.92. The van der Waals surface area contributed by atoms with Crippen LogP contribution < -0.4 is 0 Å². The summed E-state index contributed by atoms with van der Waals surface area (Å²) in [4.78, 5) is 4.77. The molecule has 0 unspecified atom stereocenters. The van der Waals surface area contributed by atoms with Crippen molar-refractivity contribution in [1.82, 2.24) is 0 Å². The summed E-state index contributed by atoms with van der Waals surface area (Å²) in [5, 5.41) is 4.40. The van der Waals surface area contributed by atoms with Crippen molar-refractivity contribution in [2.45, 2.75) is 5.75 Å². The summed E-state index contributed by atoms with van der Waals surface area (Å²) in [5.74, 6) is 0.993. The predicted octanol–water partition coefficient (Wildman–Crippen LogP) is 5.82. The monoisotopic (exact) mass is 309 g/mol. The van der Waals surface area contributed by atoms with E-state index in [2.05, 4.69) is 36.4 Å². The number of aliphatic imine (C=N–C) groups is 1. The van der Waals surface area contributed by atoms with E-state index >= 15 is 0 Å². The highest BCUT2D eigenvalue weighted by Crippen LogP contribution is 2.35. The van der Waals surface area contributed by atoms with Gasteiger partial charge in [0.05, 0.1) is 5.69 Å². The second kappa shape index (κ2) is 5.21. The van der Waals surface area contributed by atoms with E-state index in [0.29, 0.717) is 0 Å². The Balaban J connectivity index is 1.81. The Bertz CT molecular complexity index is 853. The molecule has 1 heterocycles. The van der Waals surface area contributed by atoms with E-state index in [9.17, 15) is 0 Å². The topological polar surface area (TPSA) is 12.4 Å². The van der Waals surface area contributed by atoms with Crippen LogP contribution in [0.25, 0.3) is 10.8 Å². The summed E-state index contributed by atoms with van der Waals surface area (Å²) in [6.45, 7) is 0. The van der Waals surface area contributed by atoms with Crippen LogP contribution in [0.1, 0.15) is 11.1 Å². The van der Waals surface area contributed by atoms with E-state index in [0.717, 1.165) is 21.5 Å². The number of rotatable bonds is 1. The van der Waals surface area contributed by atoms with Crippen molar-refractivity contribution >= 4 is 44.9 Å². The molecule has 1 aliphatic heterocycles. The van der Waals surface area contributed by atoms with Gasteiger partial charge >= 0.3 is 0 Å². The number of thioether (sulfide) groups is 1. The molecule has 1 nitrogen and oxygen atoms in total. The first-order valence-electron chi connectivity index (χ1n) is 6.79. The van der Waals surface area contributed by atoms with Gasteiger partial charge in [-0.1, -0.05) is 35.9 Å². The molecule has 0 saturated heterocycles. The van der Waals surface area contributed by atoms with Crippen LogP contribution in [0.3, 0.4) is 0 Å². The van der Waals surface area contributed by atoms with Gasteiger partial charge in [0.2, 0.25) is 0 Å². The summed E-state index contributed by atoms with van der Waals surface area (Å²) < 4.78 is 0. The van der Waals surface area contributed by atoms with Crippen molar-refractivity contribution in [3.8, 4) is 0 Å². The van der Waals surface area contributed by atoms with Crippen molar-refractivity contribution in [3.63, 3.8) is 0 Å². The first-order chi connectivity index (χ1) is 10.3. The lowest BCUT2D eigenvalue weighted by molar-refractivity contribution is 1.44. The summed E-state index contributed by atoms with van der Waals surface area (Å²) in [6.07, 6.45) is 0. The Morgan fingerprint density at radius 2 is 1.62 bits per heavy atom. The van der Waals surface area contributed by atoms with Crippen molar-refractivity contribution in [1.29, 1.82) is 0 Å². The normalized spacial score (nSPS) is 15.6. The SMILES string of the molecule is Clc1ccc(N=C2SCc3cc4ccccc4cc32)cc1. The lowest BCUT2D eigenvalue weighted by Crippen LogP contribution is -1.91. The molecule has 3 aromatic carbocycles. The van der Waals surface area contributed by atoms with Crippen LogP contribution in [0, 0.1) is 0 Å². The highest BCUT2D eigenvalue weighted by atomic mass is 35.5. The smallest absolute Gasteiger partial charge is 0.105 e. The fourth-order valence-corrected chi connectivity index (χ4v) is 3.73. The highest BCUT2D eigenvalue weighted by Gasteiger charge is 2.19. The van der Waals surface area contributed by atoms with Gasteiger partial charge in [0, 0.05) is 16.3 Å². The van der Waals surface area contributed by atoms with E-state index in [1.165, 1.54) is 21.9 Å². The number of halogens is 1. The summed E-state index contributed by atoms with van der Waals surface area (Å²) >= 11 is 7.72. The van der Waals surface area contributed by atoms with Crippen LogP contribution in [-0.2, 0) is 5.75 Å². The van der Waals surface area contributed by atoms with Gasteiger partial charge in [-0.2, -0.15) is 0 Å². The molecule has 0 bridgehead atoms. The first-order valence-corrected chi connectivity index (χ1v) is 8.15. The molecule has 0 aromatic heterocycles. The molecule has 0 aliphatic carbocycles. The number of fused-ring (bicyclic) bond motifs is 2. The van der Waals surface area contributed by atoms with Crippen molar-refractivity contribution in [3.05, 3.63) is 76.8 Å². The van der Waals surface area contributed by atoms with Gasteiger partial charge in [-0.25, -0.2) is 4.99 Å². The largest absolute Gasteiger partial charge is 0.241 e. The number of hydrogen-bond donors (Lipinski definition) is 0. The molecule has 21 heavy (non-hydrogen) atoms. The van der Waals surface area contributed by atoms with E-state index in [1.807, 2.05) is 24.3 Å². The Morgan fingerprint density at radius 3 is 2.38 bits per heavy atom. The molecular weight excluding hydrogens is 298 g/mol. The molecule has 3 aromatic rings. The Morgan fingerprint density at radius 1 is 0.905 bits per heavy atom. The van der Waals surface area contributed by atoms with Crippen molar-refractivity contribution in [2.24, 2.45) is 4.99 Å². The first kappa shape index (κ1) is 12.9. The highest BCUT2D eigenvalue weighted by molar-refractivity contribution is 8.14. The van der Waals surface area contributed by atoms with Gasteiger partial charge in [0.15, 0.2) is 0 Å². The fourth-order valence-electron chi connectivity index (χ4n) is 2.56. The molecule has 4 rings (SSSR count).